The number of hydrogen-bond donors (Lipinski definition) is 1. The smallest absolute Gasteiger partial charge is 0.243 e. The topological polar surface area (TPSA) is 84.3 Å². The zero-order chi connectivity index (χ0) is 21.0. The van der Waals surface area contributed by atoms with Gasteiger partial charge in [0.2, 0.25) is 15.9 Å². The van der Waals surface area contributed by atoms with Crippen LogP contribution < -0.4 is 5.32 Å². The normalized spacial score (nSPS) is 17.5. The van der Waals surface area contributed by atoms with Gasteiger partial charge in [-0.3, -0.25) is 4.79 Å². The number of carbonyl (C=O) groups excluding carboxylic acids is 1. The third-order valence-corrected chi connectivity index (χ3v) is 7.15. The molecule has 2 heterocycles. The molecule has 4 rings (SSSR count). The van der Waals surface area contributed by atoms with Gasteiger partial charge in [-0.1, -0.05) is 42.8 Å². The van der Waals surface area contributed by atoms with Crippen molar-refractivity contribution in [2.45, 2.75) is 36.7 Å². The number of amides is 1. The molecule has 7 nitrogen and oxygen atoms in total. The molecule has 1 aliphatic heterocycles. The number of rotatable bonds is 6. The highest BCUT2D eigenvalue weighted by atomic mass is 32.2. The first-order chi connectivity index (χ1) is 14.6. The Morgan fingerprint density at radius 1 is 1.03 bits per heavy atom. The summed E-state index contributed by atoms with van der Waals surface area (Å²) in [7, 11) is -3.72. The summed E-state index contributed by atoms with van der Waals surface area (Å²) in [6.07, 6.45) is 5.65. The average molecular weight is 425 g/mol. The van der Waals surface area contributed by atoms with Gasteiger partial charge in [-0.05, 0) is 37.1 Å². The molecular formula is C22H24N4O3S. The van der Waals surface area contributed by atoms with Crippen LogP contribution in [0.4, 0.5) is 0 Å². The number of carbonyl (C=O) groups is 1. The van der Waals surface area contributed by atoms with Gasteiger partial charge in [0.15, 0.2) is 0 Å². The van der Waals surface area contributed by atoms with Gasteiger partial charge in [0, 0.05) is 24.8 Å². The van der Waals surface area contributed by atoms with E-state index in [9.17, 15) is 13.2 Å². The zero-order valence-electron chi connectivity index (χ0n) is 16.5. The molecule has 1 saturated heterocycles. The molecule has 1 fully saturated rings. The van der Waals surface area contributed by atoms with Crippen molar-refractivity contribution < 1.29 is 13.2 Å². The Morgan fingerprint density at radius 2 is 1.73 bits per heavy atom. The van der Waals surface area contributed by atoms with Crippen LogP contribution in [0.2, 0.25) is 0 Å². The minimum atomic E-state index is -3.72. The van der Waals surface area contributed by atoms with E-state index >= 15 is 0 Å². The third kappa shape index (κ3) is 4.29. The van der Waals surface area contributed by atoms with Crippen molar-refractivity contribution in [2.24, 2.45) is 0 Å². The van der Waals surface area contributed by atoms with Crippen LogP contribution in [0.25, 0.3) is 5.69 Å². The molecule has 1 atom stereocenters. The highest BCUT2D eigenvalue weighted by Crippen LogP contribution is 2.25. The lowest BCUT2D eigenvalue weighted by Gasteiger charge is -2.33. The molecule has 0 saturated carbocycles. The van der Waals surface area contributed by atoms with Crippen molar-refractivity contribution in [2.75, 3.05) is 6.54 Å². The Balaban J connectivity index is 1.45. The van der Waals surface area contributed by atoms with Crippen LogP contribution in [0.15, 0.2) is 78.0 Å². The monoisotopic (exact) mass is 424 g/mol. The van der Waals surface area contributed by atoms with Crippen molar-refractivity contribution >= 4 is 15.9 Å². The molecule has 2 aromatic carbocycles. The fraction of sp³-hybridized carbons (Fsp3) is 0.273. The molecule has 1 aromatic heterocycles. The summed E-state index contributed by atoms with van der Waals surface area (Å²) in [6.45, 7) is 0.642. The second-order valence-corrected chi connectivity index (χ2v) is 9.18. The van der Waals surface area contributed by atoms with Gasteiger partial charge in [-0.2, -0.15) is 9.40 Å². The summed E-state index contributed by atoms with van der Waals surface area (Å²) < 4.78 is 29.2. The van der Waals surface area contributed by atoms with Gasteiger partial charge in [0.05, 0.1) is 16.8 Å². The fourth-order valence-electron chi connectivity index (χ4n) is 3.66. The van der Waals surface area contributed by atoms with E-state index in [4.69, 9.17) is 0 Å². The van der Waals surface area contributed by atoms with Crippen LogP contribution in [0.3, 0.4) is 0 Å². The molecular weight excluding hydrogens is 400 g/mol. The van der Waals surface area contributed by atoms with Crippen molar-refractivity contribution in [3.05, 3.63) is 78.6 Å². The highest BCUT2D eigenvalue weighted by molar-refractivity contribution is 7.89. The second kappa shape index (κ2) is 8.81. The predicted molar refractivity (Wildman–Crippen MR) is 113 cm³/mol. The van der Waals surface area contributed by atoms with Crippen LogP contribution in [0.5, 0.6) is 0 Å². The van der Waals surface area contributed by atoms with Gasteiger partial charge < -0.3 is 5.32 Å². The standard InChI is InChI=1S/C22H24N4O3S/c27-22(23-15-18-16-24-25(17-18)19-9-3-1-4-10-19)21-13-7-8-14-26(21)30(28,29)20-11-5-2-6-12-20/h1-6,9-12,16-17,21H,7-8,13-15H2,(H,23,27). The Labute approximate surface area is 176 Å². The van der Waals surface area contributed by atoms with Gasteiger partial charge in [0.1, 0.15) is 6.04 Å². The minimum absolute atomic E-state index is 0.217. The minimum Gasteiger partial charge on any atom is -0.351 e. The molecule has 156 valence electrons. The lowest BCUT2D eigenvalue weighted by atomic mass is 10.0. The summed E-state index contributed by atoms with van der Waals surface area (Å²) in [5.74, 6) is -0.276. The van der Waals surface area contributed by atoms with E-state index in [1.54, 1.807) is 41.2 Å². The quantitative estimate of drug-likeness (QED) is 0.659. The first-order valence-electron chi connectivity index (χ1n) is 9.99. The Bertz CT molecular complexity index is 1100. The summed E-state index contributed by atoms with van der Waals surface area (Å²) in [6, 6.07) is 17.3. The molecule has 3 aromatic rings. The van der Waals surface area contributed by atoms with Crippen LogP contribution >= 0.6 is 0 Å². The summed E-state index contributed by atoms with van der Waals surface area (Å²) in [5.41, 5.74) is 1.78. The number of piperidine rings is 1. The van der Waals surface area contributed by atoms with Gasteiger partial charge in [0.25, 0.3) is 0 Å². The Hall–Kier alpha value is -2.97. The molecule has 1 N–H and O–H groups in total. The van der Waals surface area contributed by atoms with E-state index in [2.05, 4.69) is 10.4 Å². The maximum Gasteiger partial charge on any atom is 0.243 e. The largest absolute Gasteiger partial charge is 0.351 e. The van der Waals surface area contributed by atoms with Crippen molar-refractivity contribution in [1.82, 2.24) is 19.4 Å². The van der Waals surface area contributed by atoms with Crippen molar-refractivity contribution in [3.8, 4) is 5.69 Å². The van der Waals surface area contributed by atoms with E-state index in [1.165, 1.54) is 4.31 Å². The van der Waals surface area contributed by atoms with Gasteiger partial charge >= 0.3 is 0 Å². The van der Waals surface area contributed by atoms with Crippen LogP contribution in [0.1, 0.15) is 24.8 Å². The fourth-order valence-corrected chi connectivity index (χ4v) is 5.34. The lowest BCUT2D eigenvalue weighted by molar-refractivity contribution is -0.125. The zero-order valence-corrected chi connectivity index (χ0v) is 17.3. The molecule has 1 amide bonds. The SMILES string of the molecule is O=C(NCc1cnn(-c2ccccc2)c1)C1CCCCN1S(=O)(=O)c1ccccc1. The Morgan fingerprint density at radius 3 is 2.47 bits per heavy atom. The first-order valence-corrected chi connectivity index (χ1v) is 11.4. The van der Waals surface area contributed by atoms with Crippen molar-refractivity contribution in [3.63, 3.8) is 0 Å². The summed E-state index contributed by atoms with van der Waals surface area (Å²) in [5, 5.41) is 7.22. The maximum atomic E-state index is 13.1. The van der Waals surface area contributed by atoms with Gasteiger partial charge in [-0.25, -0.2) is 13.1 Å². The molecule has 8 heteroatoms. The van der Waals surface area contributed by atoms with Crippen LogP contribution in [-0.4, -0.2) is 41.0 Å². The number of para-hydroxylation sites is 1. The van der Waals surface area contributed by atoms with Crippen LogP contribution in [-0.2, 0) is 21.4 Å². The van der Waals surface area contributed by atoms with E-state index in [1.807, 2.05) is 36.5 Å². The Kier molecular flexibility index (Phi) is 5.96. The van der Waals surface area contributed by atoms with E-state index in [-0.39, 0.29) is 10.8 Å². The first kappa shape index (κ1) is 20.3. The maximum absolute atomic E-state index is 13.1. The molecule has 1 aliphatic rings. The third-order valence-electron chi connectivity index (χ3n) is 5.23. The number of nitrogens with one attached hydrogen (secondary N) is 1. The molecule has 0 spiro atoms. The predicted octanol–water partition coefficient (Wildman–Crippen LogP) is 2.73. The number of sulfonamides is 1. The molecule has 30 heavy (non-hydrogen) atoms. The molecule has 0 radical (unpaired) electrons. The summed E-state index contributed by atoms with van der Waals surface area (Å²) >= 11 is 0. The second-order valence-electron chi connectivity index (χ2n) is 7.29. The number of aromatic nitrogens is 2. The average Bonchev–Trinajstić information content (AvgIpc) is 3.28. The van der Waals surface area contributed by atoms with E-state index in [0.717, 1.165) is 24.1 Å². The number of benzene rings is 2. The van der Waals surface area contributed by atoms with E-state index in [0.29, 0.717) is 19.5 Å². The molecule has 0 aliphatic carbocycles. The van der Waals surface area contributed by atoms with Crippen molar-refractivity contribution in [1.29, 1.82) is 0 Å². The molecule has 1 unspecified atom stereocenters. The highest BCUT2D eigenvalue weighted by Gasteiger charge is 2.37. The molecule has 0 bridgehead atoms. The van der Waals surface area contributed by atoms with Gasteiger partial charge in [-0.15, -0.1) is 0 Å². The summed E-state index contributed by atoms with van der Waals surface area (Å²) in [4.78, 5) is 13.1. The number of nitrogens with zero attached hydrogens (tertiary/aromatic N) is 3. The number of hydrogen-bond acceptors (Lipinski definition) is 4. The van der Waals surface area contributed by atoms with Crippen LogP contribution in [0, 0.1) is 0 Å². The van der Waals surface area contributed by atoms with E-state index < -0.39 is 16.1 Å². The lowest BCUT2D eigenvalue weighted by Crippen LogP contribution is -2.51.